The average Bonchev–Trinajstić information content (AvgIpc) is 2.99. The van der Waals surface area contributed by atoms with Gasteiger partial charge in [-0.25, -0.2) is 12.7 Å². The van der Waals surface area contributed by atoms with Gasteiger partial charge in [0.1, 0.15) is 5.76 Å². The van der Waals surface area contributed by atoms with Crippen LogP contribution >= 0.6 is 12.2 Å². The Kier molecular flexibility index (Phi) is 5.77. The van der Waals surface area contributed by atoms with E-state index < -0.39 is 15.9 Å². The Labute approximate surface area is 151 Å². The molecule has 10 heteroatoms. The molecule has 0 bridgehead atoms. The maximum Gasteiger partial charge on any atom is 0.273 e. The van der Waals surface area contributed by atoms with Crippen molar-refractivity contribution in [2.45, 2.75) is 11.8 Å². The number of hydrogen-bond donors (Lipinski definition) is 3. The van der Waals surface area contributed by atoms with Gasteiger partial charge in [0.25, 0.3) is 5.91 Å². The highest BCUT2D eigenvalue weighted by Crippen LogP contribution is 2.17. The van der Waals surface area contributed by atoms with Crippen LogP contribution in [0.4, 0.5) is 5.69 Å². The smallest absolute Gasteiger partial charge is 0.273 e. The molecule has 1 heterocycles. The third-order valence-electron chi connectivity index (χ3n) is 3.26. The summed E-state index contributed by atoms with van der Waals surface area (Å²) in [7, 11) is -0.639. The molecule has 1 aromatic heterocycles. The molecule has 0 aliphatic carbocycles. The normalized spacial score (nSPS) is 11.2. The summed E-state index contributed by atoms with van der Waals surface area (Å²) in [6, 6.07) is 7.73. The van der Waals surface area contributed by atoms with Crippen molar-refractivity contribution in [2.24, 2.45) is 0 Å². The molecule has 3 N–H and O–H groups in total. The zero-order valence-electron chi connectivity index (χ0n) is 13.9. The zero-order valence-corrected chi connectivity index (χ0v) is 15.5. The highest BCUT2D eigenvalue weighted by Gasteiger charge is 2.17. The van der Waals surface area contributed by atoms with Crippen LogP contribution in [0.15, 0.2) is 45.9 Å². The Morgan fingerprint density at radius 1 is 1.20 bits per heavy atom. The summed E-state index contributed by atoms with van der Waals surface area (Å²) in [6.45, 7) is 1.67. The minimum Gasteiger partial charge on any atom is -0.469 e. The van der Waals surface area contributed by atoms with E-state index in [9.17, 15) is 13.2 Å². The number of sulfonamides is 1. The van der Waals surface area contributed by atoms with Crippen LogP contribution in [-0.2, 0) is 10.0 Å². The Bertz CT molecular complexity index is 890. The lowest BCUT2D eigenvalue weighted by Gasteiger charge is -2.14. The topological polar surface area (TPSA) is 104 Å². The summed E-state index contributed by atoms with van der Waals surface area (Å²) in [5.74, 6) is 0.0825. The Hall–Kier alpha value is -2.43. The summed E-state index contributed by atoms with van der Waals surface area (Å²) < 4.78 is 30.4. The number of hydrazine groups is 1. The van der Waals surface area contributed by atoms with Crippen LogP contribution in [0.25, 0.3) is 0 Å². The highest BCUT2D eigenvalue weighted by atomic mass is 32.2. The number of nitrogens with zero attached hydrogens (tertiary/aromatic N) is 1. The van der Waals surface area contributed by atoms with Gasteiger partial charge in [0.15, 0.2) is 5.11 Å². The first-order valence-corrected chi connectivity index (χ1v) is 9.00. The second-order valence-electron chi connectivity index (χ2n) is 5.24. The first-order chi connectivity index (χ1) is 11.7. The lowest BCUT2D eigenvalue weighted by Crippen LogP contribution is -2.43. The molecule has 0 atom stereocenters. The molecule has 0 aliphatic rings. The van der Waals surface area contributed by atoms with E-state index in [-0.39, 0.29) is 10.0 Å². The van der Waals surface area contributed by atoms with Crippen molar-refractivity contribution in [1.29, 1.82) is 0 Å². The van der Waals surface area contributed by atoms with Gasteiger partial charge in [0.05, 0.1) is 16.7 Å². The summed E-state index contributed by atoms with van der Waals surface area (Å²) in [6.07, 6.45) is 1.41. The molecule has 0 unspecified atom stereocenters. The number of aryl methyl sites for hydroxylation is 1. The second-order valence-corrected chi connectivity index (χ2v) is 7.80. The van der Waals surface area contributed by atoms with Crippen molar-refractivity contribution in [2.75, 3.05) is 19.4 Å². The molecule has 2 rings (SSSR count). The van der Waals surface area contributed by atoms with Gasteiger partial charge in [-0.2, -0.15) is 0 Å². The number of carbonyl (C=O) groups excluding carboxylic acids is 1. The lowest BCUT2D eigenvalue weighted by atomic mass is 10.2. The lowest BCUT2D eigenvalue weighted by molar-refractivity contribution is 0.0942. The van der Waals surface area contributed by atoms with Gasteiger partial charge in [-0.1, -0.05) is 6.07 Å². The monoisotopic (exact) mass is 382 g/mol. The third-order valence-corrected chi connectivity index (χ3v) is 5.28. The van der Waals surface area contributed by atoms with Crippen molar-refractivity contribution >= 4 is 38.9 Å². The van der Waals surface area contributed by atoms with Crippen LogP contribution in [-0.4, -0.2) is 37.8 Å². The number of benzene rings is 1. The Morgan fingerprint density at radius 3 is 2.52 bits per heavy atom. The number of carbonyl (C=O) groups is 1. The van der Waals surface area contributed by atoms with E-state index in [1.807, 2.05) is 0 Å². The molecule has 0 saturated carbocycles. The maximum absolute atomic E-state index is 12.1. The van der Waals surface area contributed by atoms with E-state index in [1.54, 1.807) is 25.1 Å². The standard InChI is InChI=1S/C15H18N4O4S2/c1-10-13(7-8-23-10)14(20)17-18-15(24)16-11-5-4-6-12(9-11)25(21,22)19(2)3/h4-9H,1-3H3,(H,17,20)(H2,16,18,24). The summed E-state index contributed by atoms with van der Waals surface area (Å²) in [4.78, 5) is 12.1. The summed E-state index contributed by atoms with van der Waals surface area (Å²) >= 11 is 5.08. The van der Waals surface area contributed by atoms with Gasteiger partial charge >= 0.3 is 0 Å². The fourth-order valence-corrected chi connectivity index (χ4v) is 3.03. The fraction of sp³-hybridized carbons (Fsp3) is 0.200. The van der Waals surface area contributed by atoms with E-state index in [0.29, 0.717) is 17.0 Å². The van der Waals surface area contributed by atoms with Crippen molar-refractivity contribution in [3.05, 3.63) is 47.9 Å². The van der Waals surface area contributed by atoms with Gasteiger partial charge in [0.2, 0.25) is 10.0 Å². The average molecular weight is 382 g/mol. The largest absolute Gasteiger partial charge is 0.469 e. The Balaban J connectivity index is 1.99. The zero-order chi connectivity index (χ0) is 18.6. The van der Waals surface area contributed by atoms with Gasteiger partial charge in [-0.05, 0) is 43.4 Å². The Morgan fingerprint density at radius 2 is 1.92 bits per heavy atom. The first kappa shape index (κ1) is 18.9. The van der Waals surface area contributed by atoms with E-state index in [0.717, 1.165) is 4.31 Å². The van der Waals surface area contributed by atoms with E-state index in [2.05, 4.69) is 16.2 Å². The van der Waals surface area contributed by atoms with Gasteiger partial charge in [0, 0.05) is 19.8 Å². The minimum atomic E-state index is -3.55. The number of rotatable bonds is 4. The van der Waals surface area contributed by atoms with Gasteiger partial charge in [-0.15, -0.1) is 0 Å². The van der Waals surface area contributed by atoms with Crippen LogP contribution < -0.4 is 16.2 Å². The molecule has 1 amide bonds. The summed E-state index contributed by atoms with van der Waals surface area (Å²) in [5, 5.41) is 2.91. The molecule has 1 aromatic carbocycles. The predicted octanol–water partition coefficient (Wildman–Crippen LogP) is 1.47. The molecular weight excluding hydrogens is 364 g/mol. The number of anilines is 1. The molecule has 2 aromatic rings. The number of furan rings is 1. The molecule has 0 spiro atoms. The number of amides is 1. The minimum absolute atomic E-state index is 0.105. The molecular formula is C15H18N4O4S2. The fourth-order valence-electron chi connectivity index (χ4n) is 1.91. The molecule has 0 radical (unpaired) electrons. The van der Waals surface area contributed by atoms with Crippen LogP contribution in [0, 0.1) is 6.92 Å². The van der Waals surface area contributed by atoms with Crippen LogP contribution in [0.3, 0.4) is 0 Å². The van der Waals surface area contributed by atoms with Crippen molar-refractivity contribution in [3.63, 3.8) is 0 Å². The van der Waals surface area contributed by atoms with Gasteiger partial charge < -0.3 is 9.73 Å². The molecule has 0 aliphatic heterocycles. The van der Waals surface area contributed by atoms with E-state index in [4.69, 9.17) is 16.6 Å². The maximum atomic E-state index is 12.1. The molecule has 134 valence electrons. The van der Waals surface area contributed by atoms with Crippen molar-refractivity contribution < 1.29 is 17.6 Å². The van der Waals surface area contributed by atoms with Crippen molar-refractivity contribution in [1.82, 2.24) is 15.2 Å². The number of hydrogen-bond acceptors (Lipinski definition) is 5. The van der Waals surface area contributed by atoms with Crippen molar-refractivity contribution in [3.8, 4) is 0 Å². The molecule has 0 fully saturated rings. The molecule has 25 heavy (non-hydrogen) atoms. The highest BCUT2D eigenvalue weighted by molar-refractivity contribution is 7.89. The van der Waals surface area contributed by atoms with Crippen LogP contribution in [0.1, 0.15) is 16.1 Å². The number of thiocarbonyl (C=S) groups is 1. The molecule has 8 nitrogen and oxygen atoms in total. The first-order valence-electron chi connectivity index (χ1n) is 7.16. The second kappa shape index (κ2) is 7.64. The number of nitrogens with one attached hydrogen (secondary N) is 3. The SMILES string of the molecule is Cc1occc1C(=O)NNC(=S)Nc1cccc(S(=O)(=O)N(C)C)c1. The third kappa shape index (κ3) is 4.56. The molecule has 0 saturated heterocycles. The summed E-state index contributed by atoms with van der Waals surface area (Å²) in [5.41, 5.74) is 5.83. The van der Waals surface area contributed by atoms with Crippen LogP contribution in [0.2, 0.25) is 0 Å². The van der Waals surface area contributed by atoms with Gasteiger partial charge in [-0.3, -0.25) is 15.6 Å². The van der Waals surface area contributed by atoms with E-state index >= 15 is 0 Å². The predicted molar refractivity (Wildman–Crippen MR) is 97.6 cm³/mol. The van der Waals surface area contributed by atoms with Crippen LogP contribution in [0.5, 0.6) is 0 Å². The quantitative estimate of drug-likeness (QED) is 0.543. The van der Waals surface area contributed by atoms with E-state index in [1.165, 1.54) is 32.5 Å².